The first kappa shape index (κ1) is 27.7. The Labute approximate surface area is 189 Å². The van der Waals surface area contributed by atoms with Crippen LogP contribution in [0.5, 0.6) is 0 Å². The van der Waals surface area contributed by atoms with E-state index in [0.717, 1.165) is 28.6 Å². The number of carbonyl (C=O) groups is 1. The van der Waals surface area contributed by atoms with Gasteiger partial charge >= 0.3 is 14.5 Å². The quantitative estimate of drug-likeness (QED) is 0.173. The van der Waals surface area contributed by atoms with Crippen molar-refractivity contribution < 1.29 is 32.1 Å². The van der Waals surface area contributed by atoms with E-state index in [0.29, 0.717) is 18.4 Å². The molecule has 0 heterocycles. The average molecular weight is 487 g/mol. The monoisotopic (exact) mass is 486 g/mol. The molecule has 0 aromatic heterocycles. The first-order valence-corrected chi connectivity index (χ1v) is 13.8. The molecule has 1 aromatic rings. The number of nitro groups is 1. The van der Waals surface area contributed by atoms with Gasteiger partial charge in [-0.25, -0.2) is 8.42 Å². The predicted octanol–water partition coefficient (Wildman–Crippen LogP) is 3.25. The fourth-order valence-corrected chi connectivity index (χ4v) is 6.84. The van der Waals surface area contributed by atoms with Gasteiger partial charge in [0.05, 0.1) is 9.82 Å². The van der Waals surface area contributed by atoms with Gasteiger partial charge in [-0.3, -0.25) is 14.9 Å². The lowest BCUT2D eigenvalue weighted by molar-refractivity contribution is -0.384. The molecular formula is C20H30N2O8SSi. The molecule has 0 bridgehead atoms. The second kappa shape index (κ2) is 12.0. The standard InChI is InChI=1S/C20H30N2O8SSi/c1-6-9-19(20(23)24)21(15-14-16(4)32(5,29-7-2)30-8-3)31(27,28)18-12-10-17(11-13-18)22(25)26/h6,10-13,19H,1,4,7-9,14-15H2,2-3,5H3,(H,23,24). The molecule has 0 amide bonds. The highest BCUT2D eigenvalue weighted by molar-refractivity contribution is 7.89. The highest BCUT2D eigenvalue weighted by Gasteiger charge is 2.38. The zero-order valence-corrected chi connectivity index (χ0v) is 20.3. The Hall–Kier alpha value is -2.38. The molecule has 0 aliphatic heterocycles. The van der Waals surface area contributed by atoms with Gasteiger partial charge < -0.3 is 14.0 Å². The minimum Gasteiger partial charge on any atom is -0.480 e. The van der Waals surface area contributed by atoms with Crippen LogP contribution in [0.15, 0.2) is 53.6 Å². The SMILES string of the molecule is C=CCC(C(=O)O)N(CCC(=C)[Si](C)(OCC)OCC)S(=O)(=O)c1ccc([N+](=O)[O-])cc1. The van der Waals surface area contributed by atoms with Gasteiger partial charge in [0, 0.05) is 31.9 Å². The summed E-state index contributed by atoms with van der Waals surface area (Å²) >= 11 is 0. The predicted molar refractivity (Wildman–Crippen MR) is 122 cm³/mol. The Bertz CT molecular complexity index is 927. The summed E-state index contributed by atoms with van der Waals surface area (Å²) in [5, 5.41) is 21.1. The van der Waals surface area contributed by atoms with Crippen molar-refractivity contribution in [3.63, 3.8) is 0 Å². The summed E-state index contributed by atoms with van der Waals surface area (Å²) in [7, 11) is -7.12. The molecule has 1 atom stereocenters. The van der Waals surface area contributed by atoms with E-state index in [1.165, 1.54) is 6.08 Å². The zero-order valence-electron chi connectivity index (χ0n) is 18.5. The second-order valence-electron chi connectivity index (χ2n) is 6.91. The maximum Gasteiger partial charge on any atom is 0.364 e. The van der Waals surface area contributed by atoms with E-state index in [2.05, 4.69) is 13.2 Å². The number of benzene rings is 1. The average Bonchev–Trinajstić information content (AvgIpc) is 2.73. The Morgan fingerprint density at radius 3 is 2.22 bits per heavy atom. The lowest BCUT2D eigenvalue weighted by Crippen LogP contribution is -2.47. The van der Waals surface area contributed by atoms with Crippen molar-refractivity contribution in [2.24, 2.45) is 0 Å². The van der Waals surface area contributed by atoms with Crippen LogP contribution in [0, 0.1) is 10.1 Å². The molecule has 32 heavy (non-hydrogen) atoms. The van der Waals surface area contributed by atoms with Crippen molar-refractivity contribution in [1.82, 2.24) is 4.31 Å². The smallest absolute Gasteiger partial charge is 0.364 e. The summed E-state index contributed by atoms with van der Waals surface area (Å²) in [6.07, 6.45) is 1.32. The highest BCUT2D eigenvalue weighted by atomic mass is 32.2. The lowest BCUT2D eigenvalue weighted by atomic mass is 10.2. The normalized spacial score (nSPS) is 13.0. The van der Waals surface area contributed by atoms with Crippen LogP contribution in [0.2, 0.25) is 6.55 Å². The van der Waals surface area contributed by atoms with Crippen LogP contribution >= 0.6 is 0 Å². The molecular weight excluding hydrogens is 456 g/mol. The topological polar surface area (TPSA) is 136 Å². The van der Waals surface area contributed by atoms with E-state index < -0.39 is 35.5 Å². The summed E-state index contributed by atoms with van der Waals surface area (Å²) in [4.78, 5) is 21.9. The van der Waals surface area contributed by atoms with Crippen LogP contribution in [0.25, 0.3) is 0 Å². The Balaban J connectivity index is 3.33. The number of carboxylic acids is 1. The summed E-state index contributed by atoms with van der Waals surface area (Å²) < 4.78 is 39.1. The van der Waals surface area contributed by atoms with Crippen LogP contribution < -0.4 is 0 Å². The number of hydrogen-bond donors (Lipinski definition) is 1. The fourth-order valence-electron chi connectivity index (χ4n) is 3.09. The van der Waals surface area contributed by atoms with E-state index in [4.69, 9.17) is 8.85 Å². The first-order valence-electron chi connectivity index (χ1n) is 10.0. The van der Waals surface area contributed by atoms with E-state index >= 15 is 0 Å². The third kappa shape index (κ3) is 6.81. The van der Waals surface area contributed by atoms with Crippen LogP contribution in [-0.4, -0.2) is 63.1 Å². The summed E-state index contributed by atoms with van der Waals surface area (Å²) in [6.45, 7) is 13.6. The van der Waals surface area contributed by atoms with Crippen LogP contribution in [0.4, 0.5) is 5.69 Å². The molecule has 1 rings (SSSR count). The molecule has 1 aromatic carbocycles. The minimum atomic E-state index is -4.30. The van der Waals surface area contributed by atoms with Crippen LogP contribution in [0.1, 0.15) is 26.7 Å². The van der Waals surface area contributed by atoms with Gasteiger partial charge in [0.2, 0.25) is 10.0 Å². The Morgan fingerprint density at radius 1 is 1.28 bits per heavy atom. The summed E-state index contributed by atoms with van der Waals surface area (Å²) in [5.74, 6) is -1.34. The van der Waals surface area contributed by atoms with E-state index in [1.54, 1.807) is 6.55 Å². The third-order valence-corrected chi connectivity index (χ3v) is 9.93. The van der Waals surface area contributed by atoms with Crippen molar-refractivity contribution in [1.29, 1.82) is 0 Å². The molecule has 0 saturated carbocycles. The van der Waals surface area contributed by atoms with Gasteiger partial charge in [-0.1, -0.05) is 12.7 Å². The number of rotatable bonds is 15. The minimum absolute atomic E-state index is 0.121. The van der Waals surface area contributed by atoms with Crippen molar-refractivity contribution in [3.05, 3.63) is 58.8 Å². The number of aliphatic carboxylic acids is 1. The maximum atomic E-state index is 13.3. The van der Waals surface area contributed by atoms with E-state index in [-0.39, 0.29) is 30.0 Å². The van der Waals surface area contributed by atoms with Crippen molar-refractivity contribution >= 4 is 30.2 Å². The molecule has 0 aliphatic rings. The van der Waals surface area contributed by atoms with Crippen LogP contribution in [0.3, 0.4) is 0 Å². The van der Waals surface area contributed by atoms with Gasteiger partial charge in [0.25, 0.3) is 5.69 Å². The number of carboxylic acid groups (broad SMARTS) is 1. The van der Waals surface area contributed by atoms with Gasteiger partial charge in [-0.2, -0.15) is 4.31 Å². The molecule has 178 valence electrons. The first-order chi connectivity index (χ1) is 14.9. The van der Waals surface area contributed by atoms with Gasteiger partial charge in [-0.15, -0.1) is 6.58 Å². The van der Waals surface area contributed by atoms with Crippen LogP contribution in [-0.2, 0) is 23.7 Å². The number of hydrogen-bond acceptors (Lipinski definition) is 7. The second-order valence-corrected chi connectivity index (χ2v) is 12.0. The van der Waals surface area contributed by atoms with E-state index in [1.807, 2.05) is 13.8 Å². The number of non-ortho nitro benzene ring substituents is 1. The summed E-state index contributed by atoms with van der Waals surface area (Å²) in [6, 6.07) is 2.87. The Kier molecular flexibility index (Phi) is 10.4. The van der Waals surface area contributed by atoms with Gasteiger partial charge in [-0.05, 0) is 50.6 Å². The molecule has 1 unspecified atom stereocenters. The zero-order chi connectivity index (χ0) is 24.5. The molecule has 0 aliphatic carbocycles. The lowest BCUT2D eigenvalue weighted by Gasteiger charge is -2.31. The summed E-state index contributed by atoms with van der Waals surface area (Å²) in [5.41, 5.74) is -0.278. The van der Waals surface area contributed by atoms with Crippen molar-refractivity contribution in [3.8, 4) is 0 Å². The van der Waals surface area contributed by atoms with Gasteiger partial charge in [0.15, 0.2) is 0 Å². The molecule has 1 N–H and O–H groups in total. The number of nitro benzene ring substituents is 1. The number of sulfonamides is 1. The largest absolute Gasteiger partial charge is 0.480 e. The molecule has 0 spiro atoms. The van der Waals surface area contributed by atoms with E-state index in [9.17, 15) is 28.4 Å². The molecule has 12 heteroatoms. The number of nitrogens with zero attached hydrogens (tertiary/aromatic N) is 2. The molecule has 0 saturated heterocycles. The highest BCUT2D eigenvalue weighted by Crippen LogP contribution is 2.26. The molecule has 10 nitrogen and oxygen atoms in total. The Morgan fingerprint density at radius 2 is 1.81 bits per heavy atom. The van der Waals surface area contributed by atoms with Gasteiger partial charge in [0.1, 0.15) is 6.04 Å². The fraction of sp³-hybridized carbons (Fsp3) is 0.450. The van der Waals surface area contributed by atoms with Crippen molar-refractivity contribution in [2.45, 2.75) is 44.2 Å². The van der Waals surface area contributed by atoms with Crippen molar-refractivity contribution in [2.75, 3.05) is 19.8 Å². The molecule has 0 fully saturated rings. The third-order valence-electron chi connectivity index (χ3n) is 4.79. The maximum absolute atomic E-state index is 13.3. The molecule has 0 radical (unpaired) electrons.